The van der Waals surface area contributed by atoms with Gasteiger partial charge in [-0.25, -0.2) is 8.78 Å². The van der Waals surface area contributed by atoms with E-state index in [9.17, 15) is 23.2 Å². The lowest BCUT2D eigenvalue weighted by atomic mass is 10.1. The van der Waals surface area contributed by atoms with Crippen molar-refractivity contribution in [3.05, 3.63) is 65.2 Å². The van der Waals surface area contributed by atoms with Crippen LogP contribution in [0.15, 0.2) is 42.5 Å². The van der Waals surface area contributed by atoms with Crippen LogP contribution in [0.1, 0.15) is 29.3 Å². The van der Waals surface area contributed by atoms with Gasteiger partial charge in [0.25, 0.3) is 5.91 Å². The number of hydrogen-bond acceptors (Lipinski definition) is 3. The average Bonchev–Trinajstić information content (AvgIpc) is 3.08. The summed E-state index contributed by atoms with van der Waals surface area (Å²) in [7, 11) is 0. The molecule has 6 nitrogen and oxygen atoms in total. The van der Waals surface area contributed by atoms with Crippen molar-refractivity contribution in [1.82, 2.24) is 10.9 Å². The Hall–Kier alpha value is -3.29. The molecule has 1 atom stereocenters. The first-order valence-corrected chi connectivity index (χ1v) is 8.84. The smallest absolute Gasteiger partial charge is 0.275 e. The van der Waals surface area contributed by atoms with Crippen LogP contribution in [0.2, 0.25) is 0 Å². The van der Waals surface area contributed by atoms with Crippen LogP contribution in [-0.2, 0) is 16.0 Å². The summed E-state index contributed by atoms with van der Waals surface area (Å²) in [5.74, 6) is -4.69. The fourth-order valence-electron chi connectivity index (χ4n) is 3.04. The summed E-state index contributed by atoms with van der Waals surface area (Å²) in [6.45, 7) is 2.18. The second-order valence-corrected chi connectivity index (χ2v) is 6.47. The topological polar surface area (TPSA) is 78.5 Å². The molecule has 3 rings (SSSR count). The summed E-state index contributed by atoms with van der Waals surface area (Å²) in [4.78, 5) is 38.0. The van der Waals surface area contributed by atoms with Crippen LogP contribution >= 0.6 is 0 Å². The Bertz CT molecular complexity index is 895. The molecule has 3 amide bonds. The van der Waals surface area contributed by atoms with Gasteiger partial charge >= 0.3 is 0 Å². The highest BCUT2D eigenvalue weighted by Crippen LogP contribution is 2.25. The Morgan fingerprint density at radius 1 is 1.07 bits per heavy atom. The molecule has 1 saturated heterocycles. The fraction of sp³-hybridized carbons (Fsp3) is 0.250. The first kappa shape index (κ1) is 19.5. The molecule has 0 unspecified atom stereocenters. The molecule has 28 heavy (non-hydrogen) atoms. The number of halogens is 2. The van der Waals surface area contributed by atoms with Crippen molar-refractivity contribution in [2.24, 2.45) is 5.92 Å². The number of anilines is 1. The van der Waals surface area contributed by atoms with Crippen molar-refractivity contribution in [1.29, 1.82) is 0 Å². The molecule has 0 spiro atoms. The molecular weight excluding hydrogens is 368 g/mol. The maximum Gasteiger partial charge on any atom is 0.275 e. The number of carbonyl (C=O) groups is 3. The zero-order valence-corrected chi connectivity index (χ0v) is 15.2. The number of carbonyl (C=O) groups excluding carboxylic acids is 3. The highest BCUT2D eigenvalue weighted by Gasteiger charge is 2.35. The average molecular weight is 387 g/mol. The van der Waals surface area contributed by atoms with E-state index in [0.717, 1.165) is 30.2 Å². The summed E-state index contributed by atoms with van der Waals surface area (Å²) < 4.78 is 27.2. The summed E-state index contributed by atoms with van der Waals surface area (Å²) in [5, 5.41) is 0. The summed E-state index contributed by atoms with van der Waals surface area (Å²) in [5.41, 5.74) is 5.16. The minimum atomic E-state index is -1.11. The number of aryl methyl sites for hydroxylation is 1. The van der Waals surface area contributed by atoms with Gasteiger partial charge in [0.05, 0.1) is 5.92 Å². The molecule has 0 bridgehead atoms. The van der Waals surface area contributed by atoms with E-state index in [0.29, 0.717) is 5.69 Å². The minimum absolute atomic E-state index is 0.0225. The first-order chi connectivity index (χ1) is 13.4. The van der Waals surface area contributed by atoms with E-state index in [1.165, 1.54) is 4.90 Å². The van der Waals surface area contributed by atoms with Crippen molar-refractivity contribution in [3.8, 4) is 0 Å². The normalized spacial score (nSPS) is 16.2. The molecule has 2 aromatic rings. The van der Waals surface area contributed by atoms with Crippen molar-refractivity contribution in [2.45, 2.75) is 19.8 Å². The lowest BCUT2D eigenvalue weighted by Crippen LogP contribution is -2.45. The van der Waals surface area contributed by atoms with Crippen LogP contribution in [0.4, 0.5) is 14.5 Å². The Kier molecular flexibility index (Phi) is 5.67. The highest BCUT2D eigenvalue weighted by molar-refractivity contribution is 6.01. The summed E-state index contributed by atoms with van der Waals surface area (Å²) in [6, 6.07) is 10.5. The highest BCUT2D eigenvalue weighted by atomic mass is 19.1. The van der Waals surface area contributed by atoms with E-state index in [-0.39, 0.29) is 18.9 Å². The van der Waals surface area contributed by atoms with Gasteiger partial charge in [-0.05, 0) is 36.2 Å². The van der Waals surface area contributed by atoms with E-state index >= 15 is 0 Å². The maximum absolute atomic E-state index is 13.6. The lowest BCUT2D eigenvalue weighted by Gasteiger charge is -2.17. The van der Waals surface area contributed by atoms with Crippen LogP contribution in [0.3, 0.4) is 0 Å². The Labute approximate surface area is 160 Å². The van der Waals surface area contributed by atoms with E-state index in [2.05, 4.69) is 5.43 Å². The van der Waals surface area contributed by atoms with Gasteiger partial charge in [0.2, 0.25) is 11.8 Å². The van der Waals surface area contributed by atoms with Crippen molar-refractivity contribution < 1.29 is 23.2 Å². The number of nitrogens with one attached hydrogen (secondary N) is 2. The SMILES string of the molecule is CCc1ccc(N2C[C@H](C(=O)NNC(=O)c3c(F)cccc3F)CC2=O)cc1. The maximum atomic E-state index is 13.6. The molecule has 1 heterocycles. The Balaban J connectivity index is 1.61. The zero-order chi connectivity index (χ0) is 20.3. The van der Waals surface area contributed by atoms with Gasteiger partial charge in [0, 0.05) is 18.7 Å². The Morgan fingerprint density at radius 2 is 1.71 bits per heavy atom. The van der Waals surface area contributed by atoms with Gasteiger partial charge < -0.3 is 4.90 Å². The quantitative estimate of drug-likeness (QED) is 0.791. The number of hydrazine groups is 1. The zero-order valence-electron chi connectivity index (χ0n) is 15.2. The van der Waals surface area contributed by atoms with E-state index in [4.69, 9.17) is 0 Å². The Morgan fingerprint density at radius 3 is 2.32 bits per heavy atom. The molecule has 1 aliphatic heterocycles. The summed E-state index contributed by atoms with van der Waals surface area (Å²) >= 11 is 0. The number of rotatable bonds is 4. The third-order valence-corrected chi connectivity index (χ3v) is 4.64. The van der Waals surface area contributed by atoms with Crippen LogP contribution in [0, 0.1) is 17.6 Å². The van der Waals surface area contributed by atoms with Crippen LogP contribution in [0.25, 0.3) is 0 Å². The molecule has 0 saturated carbocycles. The standard InChI is InChI=1S/C20H19F2N3O3/c1-2-12-6-8-14(9-7-12)25-11-13(10-17(25)26)19(27)23-24-20(28)18-15(21)4-3-5-16(18)22/h3-9,13H,2,10-11H2,1H3,(H,23,27)(H,24,28)/t13-/m1/s1. The van der Waals surface area contributed by atoms with E-state index in [1.807, 2.05) is 36.6 Å². The minimum Gasteiger partial charge on any atom is -0.312 e. The van der Waals surface area contributed by atoms with Crippen molar-refractivity contribution >= 4 is 23.4 Å². The third-order valence-electron chi connectivity index (χ3n) is 4.64. The predicted octanol–water partition coefficient (Wildman–Crippen LogP) is 2.34. The fourth-order valence-corrected chi connectivity index (χ4v) is 3.04. The molecular formula is C20H19F2N3O3. The van der Waals surface area contributed by atoms with Gasteiger partial charge in [-0.15, -0.1) is 0 Å². The summed E-state index contributed by atoms with van der Waals surface area (Å²) in [6.07, 6.45) is 0.854. The van der Waals surface area contributed by atoms with E-state index in [1.54, 1.807) is 0 Å². The molecule has 146 valence electrons. The van der Waals surface area contributed by atoms with Crippen LogP contribution in [-0.4, -0.2) is 24.3 Å². The van der Waals surface area contributed by atoms with E-state index < -0.39 is 34.9 Å². The second kappa shape index (κ2) is 8.16. The number of hydrogen-bond donors (Lipinski definition) is 2. The van der Waals surface area contributed by atoms with Gasteiger partial charge in [0.1, 0.15) is 17.2 Å². The molecule has 0 aromatic heterocycles. The molecule has 0 radical (unpaired) electrons. The lowest BCUT2D eigenvalue weighted by molar-refractivity contribution is -0.126. The number of amides is 3. The van der Waals surface area contributed by atoms with Crippen molar-refractivity contribution in [2.75, 3.05) is 11.4 Å². The van der Waals surface area contributed by atoms with Gasteiger partial charge in [0.15, 0.2) is 0 Å². The van der Waals surface area contributed by atoms with Crippen molar-refractivity contribution in [3.63, 3.8) is 0 Å². The van der Waals surface area contributed by atoms with Crippen LogP contribution < -0.4 is 15.8 Å². The molecule has 2 N–H and O–H groups in total. The number of nitrogens with zero attached hydrogens (tertiary/aromatic N) is 1. The molecule has 8 heteroatoms. The van der Waals surface area contributed by atoms with Gasteiger partial charge in [-0.1, -0.05) is 25.1 Å². The number of benzene rings is 2. The van der Waals surface area contributed by atoms with Gasteiger partial charge in [-0.3, -0.25) is 25.2 Å². The second-order valence-electron chi connectivity index (χ2n) is 6.47. The molecule has 1 aliphatic rings. The largest absolute Gasteiger partial charge is 0.312 e. The van der Waals surface area contributed by atoms with Gasteiger partial charge in [-0.2, -0.15) is 0 Å². The predicted molar refractivity (Wildman–Crippen MR) is 98.2 cm³/mol. The third kappa shape index (κ3) is 4.00. The molecule has 2 aromatic carbocycles. The molecule has 1 fully saturated rings. The van der Waals surface area contributed by atoms with Crippen LogP contribution in [0.5, 0.6) is 0 Å². The monoisotopic (exact) mass is 387 g/mol. The molecule has 0 aliphatic carbocycles. The first-order valence-electron chi connectivity index (χ1n) is 8.84.